The molecule has 0 aliphatic heterocycles. The van der Waals surface area contributed by atoms with Crippen molar-refractivity contribution in [3.05, 3.63) is 33.9 Å². The number of carbonyl (C=O) groups is 2. The molecule has 23 heavy (non-hydrogen) atoms. The molecular formula is C16H18BrN3O3. The third-order valence-electron chi connectivity index (χ3n) is 4.31. The third-order valence-corrected chi connectivity index (χ3v) is 4.80. The Balaban J connectivity index is 2.09. The van der Waals surface area contributed by atoms with Crippen molar-refractivity contribution < 1.29 is 14.7 Å². The molecule has 3 rings (SSSR count). The molecule has 122 valence electrons. The highest BCUT2D eigenvalue weighted by Crippen LogP contribution is 2.38. The molecule has 1 aliphatic rings. The Kier molecular flexibility index (Phi) is 4.06. The van der Waals surface area contributed by atoms with E-state index < -0.39 is 12.1 Å². The summed E-state index contributed by atoms with van der Waals surface area (Å²) in [7, 11) is 3.45. The molecule has 1 aromatic heterocycles. The standard InChI is InChI=1S/C16H18BrN3O3/c1-20(2)15(21)8-5-11-10-7-9(17)3-4-12(10)18-14(11)13(6-8)19-16(22)23/h3-4,7-8,13,18-19H,5-6H2,1-2H3,(H,22,23). The van der Waals surface area contributed by atoms with E-state index in [1.807, 2.05) is 18.2 Å². The average Bonchev–Trinajstić information content (AvgIpc) is 2.84. The van der Waals surface area contributed by atoms with E-state index in [4.69, 9.17) is 5.11 Å². The first-order valence-corrected chi connectivity index (χ1v) is 8.16. The highest BCUT2D eigenvalue weighted by molar-refractivity contribution is 9.10. The summed E-state index contributed by atoms with van der Waals surface area (Å²) in [6.07, 6.45) is -0.0102. The first-order chi connectivity index (χ1) is 10.9. The second-order valence-electron chi connectivity index (χ2n) is 6.08. The number of hydrogen-bond acceptors (Lipinski definition) is 2. The van der Waals surface area contributed by atoms with Crippen LogP contribution in [0.3, 0.4) is 0 Å². The van der Waals surface area contributed by atoms with Crippen LogP contribution in [0, 0.1) is 5.92 Å². The lowest BCUT2D eigenvalue weighted by atomic mass is 9.82. The number of rotatable bonds is 2. The number of nitrogens with zero attached hydrogens (tertiary/aromatic N) is 1. The highest BCUT2D eigenvalue weighted by atomic mass is 79.9. The molecule has 2 aromatic rings. The molecule has 0 fully saturated rings. The van der Waals surface area contributed by atoms with Crippen molar-refractivity contribution in [1.29, 1.82) is 0 Å². The fourth-order valence-corrected chi connectivity index (χ4v) is 3.68. The maximum atomic E-state index is 12.4. The fraction of sp³-hybridized carbons (Fsp3) is 0.375. The number of fused-ring (bicyclic) bond motifs is 3. The van der Waals surface area contributed by atoms with Crippen molar-refractivity contribution in [3.63, 3.8) is 0 Å². The van der Waals surface area contributed by atoms with Gasteiger partial charge >= 0.3 is 6.09 Å². The second kappa shape index (κ2) is 5.88. The van der Waals surface area contributed by atoms with E-state index >= 15 is 0 Å². The van der Waals surface area contributed by atoms with E-state index in [9.17, 15) is 9.59 Å². The summed E-state index contributed by atoms with van der Waals surface area (Å²) < 4.78 is 0.954. The van der Waals surface area contributed by atoms with Crippen LogP contribution in [-0.2, 0) is 11.2 Å². The number of amides is 2. The largest absolute Gasteiger partial charge is 0.465 e. The minimum absolute atomic E-state index is 0.0252. The molecule has 6 nitrogen and oxygen atoms in total. The lowest BCUT2D eigenvalue weighted by Crippen LogP contribution is -2.38. The fourth-order valence-electron chi connectivity index (χ4n) is 3.32. The van der Waals surface area contributed by atoms with Crippen molar-refractivity contribution in [3.8, 4) is 0 Å². The van der Waals surface area contributed by atoms with E-state index in [2.05, 4.69) is 26.2 Å². The molecule has 1 heterocycles. The van der Waals surface area contributed by atoms with Crippen molar-refractivity contribution in [2.45, 2.75) is 18.9 Å². The van der Waals surface area contributed by atoms with Gasteiger partial charge in [0, 0.05) is 41.1 Å². The van der Waals surface area contributed by atoms with Crippen LogP contribution < -0.4 is 5.32 Å². The van der Waals surface area contributed by atoms with Crippen LogP contribution in [0.4, 0.5) is 4.79 Å². The molecule has 0 spiro atoms. The lowest BCUT2D eigenvalue weighted by molar-refractivity contribution is -0.133. The topological polar surface area (TPSA) is 85.4 Å². The molecule has 1 aromatic carbocycles. The molecule has 2 atom stereocenters. The minimum Gasteiger partial charge on any atom is -0.465 e. The molecular weight excluding hydrogens is 362 g/mol. The minimum atomic E-state index is -1.08. The van der Waals surface area contributed by atoms with Crippen LogP contribution >= 0.6 is 15.9 Å². The molecule has 0 saturated heterocycles. The van der Waals surface area contributed by atoms with Gasteiger partial charge in [-0.15, -0.1) is 0 Å². The molecule has 2 amide bonds. The number of H-pyrrole nitrogens is 1. The van der Waals surface area contributed by atoms with Gasteiger partial charge in [-0.1, -0.05) is 15.9 Å². The van der Waals surface area contributed by atoms with E-state index in [1.54, 1.807) is 19.0 Å². The smallest absolute Gasteiger partial charge is 0.405 e. The number of aromatic amines is 1. The van der Waals surface area contributed by atoms with Crippen molar-refractivity contribution in [2.24, 2.45) is 5.92 Å². The lowest BCUT2D eigenvalue weighted by Gasteiger charge is -2.30. The summed E-state index contributed by atoms with van der Waals surface area (Å²) in [6.45, 7) is 0. The number of aromatic nitrogens is 1. The molecule has 0 bridgehead atoms. The predicted molar refractivity (Wildman–Crippen MR) is 90.4 cm³/mol. The number of hydrogen-bond donors (Lipinski definition) is 3. The summed E-state index contributed by atoms with van der Waals surface area (Å²) >= 11 is 3.47. The SMILES string of the molecule is CN(C)C(=O)C1Cc2c([nH]c3ccc(Br)cc23)C(NC(=O)O)C1. The quantitative estimate of drug-likeness (QED) is 0.749. The number of carboxylic acid groups (broad SMARTS) is 1. The normalized spacial score (nSPS) is 20.1. The number of nitrogens with one attached hydrogen (secondary N) is 2. The Morgan fingerprint density at radius 2 is 2.13 bits per heavy atom. The molecule has 0 radical (unpaired) electrons. The molecule has 3 N–H and O–H groups in total. The summed E-state index contributed by atoms with van der Waals surface area (Å²) in [4.78, 5) is 28.4. The maximum Gasteiger partial charge on any atom is 0.405 e. The number of halogens is 1. The van der Waals surface area contributed by atoms with Gasteiger partial charge in [0.1, 0.15) is 0 Å². The second-order valence-corrected chi connectivity index (χ2v) is 6.99. The Hall–Kier alpha value is -2.02. The van der Waals surface area contributed by atoms with Gasteiger partial charge < -0.3 is 20.3 Å². The average molecular weight is 380 g/mol. The van der Waals surface area contributed by atoms with Crippen LogP contribution in [0.15, 0.2) is 22.7 Å². The molecule has 0 saturated carbocycles. The van der Waals surface area contributed by atoms with Crippen molar-refractivity contribution >= 4 is 38.8 Å². The first kappa shape index (κ1) is 15.9. The Morgan fingerprint density at radius 3 is 2.78 bits per heavy atom. The zero-order valence-electron chi connectivity index (χ0n) is 12.9. The zero-order chi connectivity index (χ0) is 16.7. The number of carbonyl (C=O) groups excluding carboxylic acids is 1. The van der Waals surface area contributed by atoms with Gasteiger partial charge in [-0.2, -0.15) is 0 Å². The van der Waals surface area contributed by atoms with E-state index in [0.29, 0.717) is 12.8 Å². The molecule has 1 aliphatic carbocycles. The summed E-state index contributed by atoms with van der Waals surface area (Å²) in [5.74, 6) is -0.204. The van der Waals surface area contributed by atoms with Crippen LogP contribution in [-0.4, -0.2) is 41.1 Å². The summed E-state index contributed by atoms with van der Waals surface area (Å²) in [5, 5.41) is 12.7. The van der Waals surface area contributed by atoms with E-state index in [-0.39, 0.29) is 11.8 Å². The van der Waals surface area contributed by atoms with Gasteiger partial charge in [-0.3, -0.25) is 4.79 Å². The van der Waals surface area contributed by atoms with Gasteiger partial charge in [0.05, 0.1) is 6.04 Å². The Morgan fingerprint density at radius 1 is 1.39 bits per heavy atom. The molecule has 2 unspecified atom stereocenters. The van der Waals surface area contributed by atoms with E-state index in [1.165, 1.54) is 0 Å². The van der Waals surface area contributed by atoms with Crippen LogP contribution in [0.1, 0.15) is 23.7 Å². The predicted octanol–water partition coefficient (Wildman–Crippen LogP) is 2.89. The van der Waals surface area contributed by atoms with Gasteiger partial charge in [-0.25, -0.2) is 4.79 Å². The van der Waals surface area contributed by atoms with Crippen LogP contribution in [0.5, 0.6) is 0 Å². The van der Waals surface area contributed by atoms with Crippen molar-refractivity contribution in [2.75, 3.05) is 14.1 Å². The van der Waals surface area contributed by atoms with Crippen LogP contribution in [0.2, 0.25) is 0 Å². The van der Waals surface area contributed by atoms with Crippen LogP contribution in [0.25, 0.3) is 10.9 Å². The maximum absolute atomic E-state index is 12.4. The molecule has 7 heteroatoms. The highest BCUT2D eigenvalue weighted by Gasteiger charge is 2.35. The van der Waals surface area contributed by atoms with E-state index in [0.717, 1.165) is 26.6 Å². The van der Waals surface area contributed by atoms with Gasteiger partial charge in [0.15, 0.2) is 0 Å². The Bertz CT molecular complexity index is 784. The Labute approximate surface area is 142 Å². The van der Waals surface area contributed by atoms with Gasteiger partial charge in [0.25, 0.3) is 0 Å². The van der Waals surface area contributed by atoms with Crippen molar-refractivity contribution in [1.82, 2.24) is 15.2 Å². The summed E-state index contributed by atoms with van der Waals surface area (Å²) in [5.41, 5.74) is 2.84. The monoisotopic (exact) mass is 379 g/mol. The zero-order valence-corrected chi connectivity index (χ0v) is 14.5. The van der Waals surface area contributed by atoms with Gasteiger partial charge in [-0.05, 0) is 36.6 Å². The van der Waals surface area contributed by atoms with Gasteiger partial charge in [0.2, 0.25) is 5.91 Å². The number of benzene rings is 1. The first-order valence-electron chi connectivity index (χ1n) is 7.37. The summed E-state index contributed by atoms with van der Waals surface area (Å²) in [6, 6.07) is 5.49. The third kappa shape index (κ3) is 2.93.